The van der Waals surface area contributed by atoms with Crippen LogP contribution in [0.3, 0.4) is 0 Å². The molecule has 0 bridgehead atoms. The van der Waals surface area contributed by atoms with Crippen molar-refractivity contribution in [3.63, 3.8) is 0 Å². The van der Waals surface area contributed by atoms with Crippen LogP contribution in [0.1, 0.15) is 29.5 Å². The van der Waals surface area contributed by atoms with E-state index in [9.17, 15) is 0 Å². The van der Waals surface area contributed by atoms with Crippen molar-refractivity contribution in [2.75, 3.05) is 0 Å². The second kappa shape index (κ2) is 4.52. The van der Waals surface area contributed by atoms with Gasteiger partial charge in [0.25, 0.3) is 0 Å². The SMILES string of the molecule is CCCCc1ccc(CO)s1. The molecule has 0 aromatic carbocycles. The lowest BCUT2D eigenvalue weighted by Crippen LogP contribution is -1.76. The molecule has 11 heavy (non-hydrogen) atoms. The summed E-state index contributed by atoms with van der Waals surface area (Å²) in [5.41, 5.74) is 0. The number of thiophene rings is 1. The van der Waals surface area contributed by atoms with Crippen molar-refractivity contribution in [2.45, 2.75) is 32.8 Å². The number of hydrogen-bond acceptors (Lipinski definition) is 2. The fourth-order valence-corrected chi connectivity index (χ4v) is 1.91. The molecule has 0 saturated heterocycles. The van der Waals surface area contributed by atoms with Crippen molar-refractivity contribution in [2.24, 2.45) is 0 Å². The maximum atomic E-state index is 8.79. The summed E-state index contributed by atoms with van der Waals surface area (Å²) in [6.45, 7) is 2.39. The Kier molecular flexibility index (Phi) is 3.60. The minimum atomic E-state index is 0.191. The first-order chi connectivity index (χ1) is 5.36. The van der Waals surface area contributed by atoms with Gasteiger partial charge >= 0.3 is 0 Å². The average molecular weight is 170 g/mol. The van der Waals surface area contributed by atoms with Crippen LogP contribution >= 0.6 is 11.3 Å². The molecular weight excluding hydrogens is 156 g/mol. The second-order valence-electron chi connectivity index (χ2n) is 2.63. The van der Waals surface area contributed by atoms with Crippen LogP contribution in [0.25, 0.3) is 0 Å². The lowest BCUT2D eigenvalue weighted by molar-refractivity contribution is 0.285. The quantitative estimate of drug-likeness (QED) is 0.736. The summed E-state index contributed by atoms with van der Waals surface area (Å²) in [5, 5.41) is 8.79. The second-order valence-corrected chi connectivity index (χ2v) is 3.88. The molecule has 0 spiro atoms. The maximum absolute atomic E-state index is 8.79. The van der Waals surface area contributed by atoms with Crippen molar-refractivity contribution in [1.82, 2.24) is 0 Å². The average Bonchev–Trinajstić information content (AvgIpc) is 2.48. The molecule has 0 aliphatic carbocycles. The Morgan fingerprint density at radius 2 is 2.09 bits per heavy atom. The van der Waals surface area contributed by atoms with E-state index >= 15 is 0 Å². The highest BCUT2D eigenvalue weighted by molar-refractivity contribution is 7.11. The summed E-state index contributed by atoms with van der Waals surface area (Å²) >= 11 is 1.72. The molecule has 0 saturated carbocycles. The molecule has 2 heteroatoms. The number of unbranched alkanes of at least 4 members (excludes halogenated alkanes) is 1. The summed E-state index contributed by atoms with van der Waals surface area (Å²) in [6, 6.07) is 4.13. The van der Waals surface area contributed by atoms with E-state index in [1.54, 1.807) is 11.3 Å². The Labute approximate surface area is 71.7 Å². The van der Waals surface area contributed by atoms with E-state index < -0.39 is 0 Å². The number of hydrogen-bond donors (Lipinski definition) is 1. The normalized spacial score (nSPS) is 10.4. The molecule has 1 nitrogen and oxygen atoms in total. The Hall–Kier alpha value is -0.340. The minimum Gasteiger partial charge on any atom is -0.391 e. The van der Waals surface area contributed by atoms with Crippen molar-refractivity contribution >= 4 is 11.3 Å². The zero-order valence-electron chi connectivity index (χ0n) is 6.84. The van der Waals surface area contributed by atoms with Gasteiger partial charge in [-0.05, 0) is 25.0 Å². The predicted octanol–water partition coefficient (Wildman–Crippen LogP) is 2.58. The molecular formula is C9H14OS. The first-order valence-corrected chi connectivity index (χ1v) is 4.87. The van der Waals surface area contributed by atoms with Crippen LogP contribution in [0.4, 0.5) is 0 Å². The summed E-state index contributed by atoms with van der Waals surface area (Å²) < 4.78 is 0. The lowest BCUT2D eigenvalue weighted by Gasteiger charge is -1.91. The van der Waals surface area contributed by atoms with Crippen molar-refractivity contribution in [3.05, 3.63) is 21.9 Å². The largest absolute Gasteiger partial charge is 0.391 e. The molecule has 0 fully saturated rings. The van der Waals surface area contributed by atoms with E-state index in [2.05, 4.69) is 13.0 Å². The number of aliphatic hydroxyl groups excluding tert-OH is 1. The standard InChI is InChI=1S/C9H14OS/c1-2-3-4-8-5-6-9(7-10)11-8/h5-6,10H,2-4,7H2,1H3. The van der Waals surface area contributed by atoms with E-state index in [1.807, 2.05) is 6.07 Å². The highest BCUT2D eigenvalue weighted by Crippen LogP contribution is 2.18. The summed E-state index contributed by atoms with van der Waals surface area (Å²) in [5.74, 6) is 0. The molecule has 1 aromatic rings. The summed E-state index contributed by atoms with van der Waals surface area (Å²) in [4.78, 5) is 2.48. The fourth-order valence-electron chi connectivity index (χ4n) is 0.993. The van der Waals surface area contributed by atoms with Crippen molar-refractivity contribution < 1.29 is 5.11 Å². The van der Waals surface area contributed by atoms with E-state index in [-0.39, 0.29) is 6.61 Å². The lowest BCUT2D eigenvalue weighted by atomic mass is 10.2. The number of rotatable bonds is 4. The minimum absolute atomic E-state index is 0.191. The summed E-state index contributed by atoms with van der Waals surface area (Å²) in [6.07, 6.45) is 3.67. The van der Waals surface area contributed by atoms with Crippen LogP contribution < -0.4 is 0 Å². The third-order valence-electron chi connectivity index (χ3n) is 1.65. The van der Waals surface area contributed by atoms with Gasteiger partial charge in [0.2, 0.25) is 0 Å². The van der Waals surface area contributed by atoms with Crippen LogP contribution in [0, 0.1) is 0 Å². The predicted molar refractivity (Wildman–Crippen MR) is 48.9 cm³/mol. The molecule has 1 N–H and O–H groups in total. The van der Waals surface area contributed by atoms with E-state index in [1.165, 1.54) is 24.1 Å². The van der Waals surface area contributed by atoms with E-state index in [4.69, 9.17) is 5.11 Å². The Balaban J connectivity index is 2.44. The van der Waals surface area contributed by atoms with Gasteiger partial charge < -0.3 is 5.11 Å². The summed E-state index contributed by atoms with van der Waals surface area (Å²) in [7, 11) is 0. The van der Waals surface area contributed by atoms with Gasteiger partial charge in [0.05, 0.1) is 6.61 Å². The molecule has 0 aliphatic heterocycles. The van der Waals surface area contributed by atoms with E-state index in [0.717, 1.165) is 4.88 Å². The van der Waals surface area contributed by atoms with E-state index in [0.29, 0.717) is 0 Å². The van der Waals surface area contributed by atoms with Crippen LogP contribution in [0.15, 0.2) is 12.1 Å². The molecule has 62 valence electrons. The van der Waals surface area contributed by atoms with Gasteiger partial charge in [0.15, 0.2) is 0 Å². The highest BCUT2D eigenvalue weighted by atomic mass is 32.1. The van der Waals surface area contributed by atoms with Crippen molar-refractivity contribution in [3.8, 4) is 0 Å². The van der Waals surface area contributed by atoms with Gasteiger partial charge in [-0.15, -0.1) is 11.3 Å². The third-order valence-corrected chi connectivity index (χ3v) is 2.78. The molecule has 1 heterocycles. The van der Waals surface area contributed by atoms with Gasteiger partial charge in [-0.25, -0.2) is 0 Å². The Bertz CT molecular complexity index is 205. The zero-order chi connectivity index (χ0) is 8.10. The smallest absolute Gasteiger partial charge is 0.0774 e. The third kappa shape index (κ3) is 2.64. The topological polar surface area (TPSA) is 20.2 Å². The molecule has 0 unspecified atom stereocenters. The zero-order valence-corrected chi connectivity index (χ0v) is 7.66. The molecule has 0 radical (unpaired) electrons. The van der Waals surface area contributed by atoms with Gasteiger partial charge in [0.1, 0.15) is 0 Å². The first kappa shape index (κ1) is 8.75. The Morgan fingerprint density at radius 1 is 1.36 bits per heavy atom. The van der Waals surface area contributed by atoms with Crippen molar-refractivity contribution in [1.29, 1.82) is 0 Å². The van der Waals surface area contributed by atoms with Gasteiger partial charge in [-0.1, -0.05) is 13.3 Å². The number of aliphatic hydroxyl groups is 1. The number of aryl methyl sites for hydroxylation is 1. The molecule has 1 aromatic heterocycles. The van der Waals surface area contributed by atoms with Crippen LogP contribution in [-0.4, -0.2) is 5.11 Å². The Morgan fingerprint density at radius 3 is 2.64 bits per heavy atom. The molecule has 1 rings (SSSR count). The molecule has 0 atom stereocenters. The molecule has 0 aliphatic rings. The molecule has 0 amide bonds. The van der Waals surface area contributed by atoms with Crippen LogP contribution in [0.5, 0.6) is 0 Å². The van der Waals surface area contributed by atoms with Crippen LogP contribution in [-0.2, 0) is 13.0 Å². The van der Waals surface area contributed by atoms with Gasteiger partial charge in [-0.2, -0.15) is 0 Å². The van der Waals surface area contributed by atoms with Gasteiger partial charge in [-0.3, -0.25) is 0 Å². The first-order valence-electron chi connectivity index (χ1n) is 4.05. The van der Waals surface area contributed by atoms with Gasteiger partial charge in [0, 0.05) is 9.75 Å². The van der Waals surface area contributed by atoms with Crippen LogP contribution in [0.2, 0.25) is 0 Å². The highest BCUT2D eigenvalue weighted by Gasteiger charge is 1.97. The fraction of sp³-hybridized carbons (Fsp3) is 0.556. The maximum Gasteiger partial charge on any atom is 0.0774 e. The monoisotopic (exact) mass is 170 g/mol.